The first-order valence-corrected chi connectivity index (χ1v) is 6.81. The lowest BCUT2D eigenvalue weighted by Crippen LogP contribution is -2.34. The lowest BCUT2D eigenvalue weighted by molar-refractivity contribution is 0.0698. The lowest BCUT2D eigenvalue weighted by atomic mass is 9.98. The monoisotopic (exact) mass is 294 g/mol. The van der Waals surface area contributed by atoms with Gasteiger partial charge in [-0.3, -0.25) is 0 Å². The van der Waals surface area contributed by atoms with Crippen LogP contribution < -0.4 is 15.4 Å². The normalized spacial score (nSPS) is 11.9. The number of urea groups is 1. The van der Waals surface area contributed by atoms with E-state index in [-0.39, 0.29) is 11.3 Å². The Hall–Kier alpha value is -2.24. The van der Waals surface area contributed by atoms with Gasteiger partial charge < -0.3 is 20.5 Å². The van der Waals surface area contributed by atoms with Gasteiger partial charge >= 0.3 is 12.0 Å². The van der Waals surface area contributed by atoms with Crippen molar-refractivity contribution < 1.29 is 19.4 Å². The summed E-state index contributed by atoms with van der Waals surface area (Å²) in [6, 6.07) is 3.98. The molecule has 21 heavy (non-hydrogen) atoms. The van der Waals surface area contributed by atoms with Gasteiger partial charge in [-0.2, -0.15) is 0 Å². The standard InChI is InChI=1S/C15H22N2O4/c1-9(2)10(3)8-16-15(20)17-13-7-11(21-4)5-6-12(13)14(18)19/h5-7,9-10H,8H2,1-4H3,(H,18,19)(H2,16,17,20). The van der Waals surface area contributed by atoms with Crippen molar-refractivity contribution in [1.29, 1.82) is 0 Å². The predicted octanol–water partition coefficient (Wildman–Crippen LogP) is 2.81. The van der Waals surface area contributed by atoms with Gasteiger partial charge in [0, 0.05) is 12.6 Å². The average Bonchev–Trinajstić information content (AvgIpc) is 2.44. The molecule has 0 fully saturated rings. The van der Waals surface area contributed by atoms with E-state index in [1.165, 1.54) is 25.3 Å². The van der Waals surface area contributed by atoms with E-state index in [2.05, 4.69) is 24.5 Å². The molecule has 1 unspecified atom stereocenters. The van der Waals surface area contributed by atoms with Crippen LogP contribution in [0.3, 0.4) is 0 Å². The highest BCUT2D eigenvalue weighted by Crippen LogP contribution is 2.22. The minimum atomic E-state index is -1.11. The van der Waals surface area contributed by atoms with Gasteiger partial charge in [0.05, 0.1) is 18.4 Å². The Labute approximate surface area is 124 Å². The maximum absolute atomic E-state index is 11.9. The van der Waals surface area contributed by atoms with Gasteiger partial charge in [-0.1, -0.05) is 20.8 Å². The zero-order chi connectivity index (χ0) is 16.0. The Morgan fingerprint density at radius 2 is 1.95 bits per heavy atom. The molecule has 1 aromatic rings. The van der Waals surface area contributed by atoms with Gasteiger partial charge in [-0.15, -0.1) is 0 Å². The summed E-state index contributed by atoms with van der Waals surface area (Å²) in [7, 11) is 1.48. The second-order valence-corrected chi connectivity index (χ2v) is 5.27. The maximum Gasteiger partial charge on any atom is 0.337 e. The third kappa shape index (κ3) is 4.98. The summed E-state index contributed by atoms with van der Waals surface area (Å²) in [6.07, 6.45) is 0. The first kappa shape index (κ1) is 16.8. The SMILES string of the molecule is COc1ccc(C(=O)O)c(NC(=O)NCC(C)C(C)C)c1. The highest BCUT2D eigenvalue weighted by Gasteiger charge is 2.14. The van der Waals surface area contributed by atoms with Crippen molar-refractivity contribution in [2.45, 2.75) is 20.8 Å². The molecule has 0 saturated carbocycles. The highest BCUT2D eigenvalue weighted by molar-refractivity contribution is 6.00. The van der Waals surface area contributed by atoms with Crippen LogP contribution in [0.25, 0.3) is 0 Å². The Balaban J connectivity index is 2.76. The van der Waals surface area contributed by atoms with Crippen LogP contribution in [0.2, 0.25) is 0 Å². The van der Waals surface area contributed by atoms with Crippen molar-refractivity contribution in [3.63, 3.8) is 0 Å². The molecule has 1 rings (SSSR count). The number of aromatic carboxylic acids is 1. The second kappa shape index (κ2) is 7.52. The van der Waals surface area contributed by atoms with E-state index in [1.807, 2.05) is 6.92 Å². The van der Waals surface area contributed by atoms with Crippen LogP contribution in [-0.4, -0.2) is 30.8 Å². The average molecular weight is 294 g/mol. The molecule has 0 aromatic heterocycles. The fourth-order valence-corrected chi connectivity index (χ4v) is 1.60. The number of carbonyl (C=O) groups is 2. The minimum absolute atomic E-state index is 0.0165. The van der Waals surface area contributed by atoms with Crippen LogP contribution in [0, 0.1) is 11.8 Å². The van der Waals surface area contributed by atoms with Crippen LogP contribution in [-0.2, 0) is 0 Å². The summed E-state index contributed by atoms with van der Waals surface area (Å²) in [6.45, 7) is 6.72. The summed E-state index contributed by atoms with van der Waals surface area (Å²) in [5, 5.41) is 14.4. The maximum atomic E-state index is 11.9. The zero-order valence-corrected chi connectivity index (χ0v) is 12.8. The van der Waals surface area contributed by atoms with E-state index in [4.69, 9.17) is 9.84 Å². The molecule has 0 aliphatic heterocycles. The lowest BCUT2D eigenvalue weighted by Gasteiger charge is -2.17. The Bertz CT molecular complexity index is 514. The van der Waals surface area contributed by atoms with Gasteiger partial charge in [0.25, 0.3) is 0 Å². The molecule has 0 radical (unpaired) electrons. The number of carboxylic acids is 1. The van der Waals surface area contributed by atoms with Gasteiger partial charge in [-0.05, 0) is 24.0 Å². The molecule has 0 saturated heterocycles. The number of carbonyl (C=O) groups excluding carboxylic acids is 1. The Kier molecular flexibility index (Phi) is 6.02. The Morgan fingerprint density at radius 3 is 2.48 bits per heavy atom. The quantitative estimate of drug-likeness (QED) is 0.753. The van der Waals surface area contributed by atoms with E-state index in [0.717, 1.165) is 0 Å². The van der Waals surface area contributed by atoms with Gasteiger partial charge in [0.15, 0.2) is 0 Å². The van der Waals surface area contributed by atoms with Crippen LogP contribution in [0.1, 0.15) is 31.1 Å². The molecule has 1 aromatic carbocycles. The predicted molar refractivity (Wildman–Crippen MR) is 81.0 cm³/mol. The van der Waals surface area contributed by atoms with Crippen molar-refractivity contribution >= 4 is 17.7 Å². The van der Waals surface area contributed by atoms with E-state index in [1.54, 1.807) is 0 Å². The van der Waals surface area contributed by atoms with Gasteiger partial charge in [0.2, 0.25) is 0 Å². The van der Waals surface area contributed by atoms with Crippen molar-refractivity contribution in [2.24, 2.45) is 11.8 Å². The molecule has 3 N–H and O–H groups in total. The van der Waals surface area contributed by atoms with Crippen LogP contribution in [0.15, 0.2) is 18.2 Å². The molecule has 6 heteroatoms. The van der Waals surface area contributed by atoms with Crippen molar-refractivity contribution in [2.75, 3.05) is 19.0 Å². The molecular formula is C15H22N2O4. The summed E-state index contributed by atoms with van der Waals surface area (Å²) in [5.74, 6) is 0.158. The number of ether oxygens (including phenoxy) is 1. The molecule has 116 valence electrons. The fraction of sp³-hybridized carbons (Fsp3) is 0.467. The first-order chi connectivity index (χ1) is 9.85. The second-order valence-electron chi connectivity index (χ2n) is 5.27. The molecule has 0 bridgehead atoms. The number of amides is 2. The van der Waals surface area contributed by atoms with Crippen LogP contribution >= 0.6 is 0 Å². The zero-order valence-electron chi connectivity index (χ0n) is 12.8. The molecule has 0 aliphatic carbocycles. The van der Waals surface area contributed by atoms with Gasteiger partial charge in [-0.25, -0.2) is 9.59 Å². The van der Waals surface area contributed by atoms with E-state index in [9.17, 15) is 9.59 Å². The number of carboxylic acid groups (broad SMARTS) is 1. The third-order valence-corrected chi connectivity index (χ3v) is 3.43. The molecule has 0 heterocycles. The summed E-state index contributed by atoms with van der Waals surface area (Å²) >= 11 is 0. The minimum Gasteiger partial charge on any atom is -0.497 e. The van der Waals surface area contributed by atoms with Crippen molar-refractivity contribution in [1.82, 2.24) is 5.32 Å². The van der Waals surface area contributed by atoms with Gasteiger partial charge in [0.1, 0.15) is 5.75 Å². The first-order valence-electron chi connectivity index (χ1n) is 6.81. The van der Waals surface area contributed by atoms with E-state index >= 15 is 0 Å². The Morgan fingerprint density at radius 1 is 1.29 bits per heavy atom. The number of hydrogen-bond donors (Lipinski definition) is 3. The molecule has 0 aliphatic rings. The van der Waals surface area contributed by atoms with Crippen LogP contribution in [0.5, 0.6) is 5.75 Å². The van der Waals surface area contributed by atoms with Crippen molar-refractivity contribution in [3.8, 4) is 5.75 Å². The molecule has 6 nitrogen and oxygen atoms in total. The third-order valence-electron chi connectivity index (χ3n) is 3.43. The smallest absolute Gasteiger partial charge is 0.337 e. The molecule has 0 spiro atoms. The molecular weight excluding hydrogens is 272 g/mol. The number of rotatable bonds is 6. The number of anilines is 1. The summed E-state index contributed by atoms with van der Waals surface area (Å²) in [5.41, 5.74) is 0.222. The summed E-state index contributed by atoms with van der Waals surface area (Å²) in [4.78, 5) is 23.0. The van der Waals surface area contributed by atoms with E-state index < -0.39 is 12.0 Å². The van der Waals surface area contributed by atoms with Crippen molar-refractivity contribution in [3.05, 3.63) is 23.8 Å². The molecule has 1 atom stereocenters. The fourth-order valence-electron chi connectivity index (χ4n) is 1.60. The highest BCUT2D eigenvalue weighted by atomic mass is 16.5. The summed E-state index contributed by atoms with van der Waals surface area (Å²) < 4.78 is 5.04. The molecule has 2 amide bonds. The number of methoxy groups -OCH3 is 1. The number of benzene rings is 1. The number of nitrogens with one attached hydrogen (secondary N) is 2. The largest absolute Gasteiger partial charge is 0.497 e. The van der Waals surface area contributed by atoms with E-state index in [0.29, 0.717) is 24.1 Å². The number of hydrogen-bond acceptors (Lipinski definition) is 3. The topological polar surface area (TPSA) is 87.7 Å². The van der Waals surface area contributed by atoms with Crippen LogP contribution in [0.4, 0.5) is 10.5 Å².